The summed E-state index contributed by atoms with van der Waals surface area (Å²) in [6, 6.07) is 4.19. The Morgan fingerprint density at radius 1 is 1.12 bits per heavy atom. The van der Waals surface area contributed by atoms with Crippen molar-refractivity contribution in [3.63, 3.8) is 0 Å². The molecule has 0 aromatic heterocycles. The molecule has 2 heterocycles. The third-order valence-corrected chi connectivity index (χ3v) is 5.09. The molecule has 6 heteroatoms. The first-order valence-electron chi connectivity index (χ1n) is 8.47. The normalized spacial score (nSPS) is 23.6. The van der Waals surface area contributed by atoms with Gasteiger partial charge in [0.25, 0.3) is 0 Å². The summed E-state index contributed by atoms with van der Waals surface area (Å²) in [7, 11) is 4.81. The van der Waals surface area contributed by atoms with E-state index in [9.17, 15) is 4.79 Å². The lowest BCUT2D eigenvalue weighted by Gasteiger charge is -2.44. The number of nitrogens with one attached hydrogen (secondary N) is 1. The molecule has 1 aromatic carbocycles. The van der Waals surface area contributed by atoms with Crippen molar-refractivity contribution >= 4 is 5.91 Å². The van der Waals surface area contributed by atoms with Crippen molar-refractivity contribution in [2.45, 2.75) is 31.8 Å². The van der Waals surface area contributed by atoms with Gasteiger partial charge in [-0.2, -0.15) is 0 Å². The van der Waals surface area contributed by atoms with E-state index in [2.05, 4.69) is 5.32 Å². The molecule has 2 atom stereocenters. The van der Waals surface area contributed by atoms with Crippen LogP contribution in [-0.2, 0) is 11.3 Å². The molecule has 6 nitrogen and oxygen atoms in total. The summed E-state index contributed by atoms with van der Waals surface area (Å²) in [5.74, 6) is 2.62. The number of ether oxygens (including phenoxy) is 3. The summed E-state index contributed by atoms with van der Waals surface area (Å²) in [6.45, 7) is 2.56. The molecule has 2 saturated heterocycles. The van der Waals surface area contributed by atoms with Crippen LogP contribution in [0.1, 0.15) is 24.8 Å². The zero-order valence-corrected chi connectivity index (χ0v) is 14.6. The molecule has 0 spiro atoms. The summed E-state index contributed by atoms with van der Waals surface area (Å²) >= 11 is 0. The third kappa shape index (κ3) is 3.15. The fourth-order valence-corrected chi connectivity index (χ4v) is 3.88. The number of rotatable bonds is 5. The second-order valence-electron chi connectivity index (χ2n) is 6.41. The molecule has 3 rings (SSSR count). The van der Waals surface area contributed by atoms with Gasteiger partial charge in [0, 0.05) is 19.0 Å². The topological polar surface area (TPSA) is 60.0 Å². The van der Waals surface area contributed by atoms with E-state index in [1.54, 1.807) is 21.3 Å². The molecule has 132 valence electrons. The van der Waals surface area contributed by atoms with Gasteiger partial charge in [-0.1, -0.05) is 0 Å². The van der Waals surface area contributed by atoms with Gasteiger partial charge in [0.05, 0.1) is 21.3 Å². The molecule has 0 bridgehead atoms. The number of nitrogens with zero attached hydrogens (tertiary/aromatic N) is 1. The Balaban J connectivity index is 1.87. The van der Waals surface area contributed by atoms with Gasteiger partial charge in [-0.05, 0) is 49.5 Å². The molecule has 1 N–H and O–H groups in total. The van der Waals surface area contributed by atoms with E-state index in [1.165, 1.54) is 0 Å². The summed E-state index contributed by atoms with van der Waals surface area (Å²) in [5, 5.41) is 3.44. The Labute approximate surface area is 143 Å². The van der Waals surface area contributed by atoms with E-state index in [0.717, 1.165) is 31.5 Å². The molecular weight excluding hydrogens is 308 g/mol. The fourth-order valence-electron chi connectivity index (χ4n) is 3.88. The first-order chi connectivity index (χ1) is 11.7. The van der Waals surface area contributed by atoms with Crippen LogP contribution < -0.4 is 19.5 Å². The van der Waals surface area contributed by atoms with Crippen LogP contribution in [0, 0.1) is 5.92 Å². The van der Waals surface area contributed by atoms with Crippen molar-refractivity contribution in [1.82, 2.24) is 10.2 Å². The van der Waals surface area contributed by atoms with E-state index >= 15 is 0 Å². The summed E-state index contributed by atoms with van der Waals surface area (Å²) in [4.78, 5) is 14.5. The predicted octanol–water partition coefficient (Wildman–Crippen LogP) is 1.81. The molecule has 1 amide bonds. The van der Waals surface area contributed by atoms with Crippen LogP contribution in [0.4, 0.5) is 0 Å². The van der Waals surface area contributed by atoms with Crippen LogP contribution >= 0.6 is 0 Å². The molecule has 2 fully saturated rings. The summed E-state index contributed by atoms with van der Waals surface area (Å²) in [5.41, 5.74) is 0.997. The van der Waals surface area contributed by atoms with E-state index < -0.39 is 0 Å². The van der Waals surface area contributed by atoms with Crippen LogP contribution in [0.15, 0.2) is 12.1 Å². The van der Waals surface area contributed by atoms with E-state index in [-0.39, 0.29) is 5.91 Å². The maximum atomic E-state index is 12.5. The molecule has 0 saturated carbocycles. The molecular formula is C18H26N2O4. The van der Waals surface area contributed by atoms with Gasteiger partial charge in [-0.15, -0.1) is 0 Å². The minimum absolute atomic E-state index is 0.243. The van der Waals surface area contributed by atoms with E-state index in [1.807, 2.05) is 17.0 Å². The molecule has 24 heavy (non-hydrogen) atoms. The van der Waals surface area contributed by atoms with Gasteiger partial charge in [0.15, 0.2) is 11.5 Å². The number of fused-ring (bicyclic) bond motifs is 1. The van der Waals surface area contributed by atoms with Gasteiger partial charge < -0.3 is 24.4 Å². The Hall–Kier alpha value is -1.95. The Morgan fingerprint density at radius 2 is 1.83 bits per heavy atom. The minimum Gasteiger partial charge on any atom is -0.493 e. The molecule has 0 unspecified atom stereocenters. The van der Waals surface area contributed by atoms with Gasteiger partial charge >= 0.3 is 0 Å². The molecule has 0 radical (unpaired) electrons. The number of benzene rings is 1. The number of hydrogen-bond acceptors (Lipinski definition) is 5. The van der Waals surface area contributed by atoms with Crippen LogP contribution in [0.25, 0.3) is 0 Å². The molecule has 0 aliphatic carbocycles. The van der Waals surface area contributed by atoms with Crippen LogP contribution in [0.2, 0.25) is 0 Å². The minimum atomic E-state index is 0.243. The average Bonchev–Trinajstić information content (AvgIpc) is 2.63. The smallest absolute Gasteiger partial charge is 0.223 e. The highest BCUT2D eigenvalue weighted by atomic mass is 16.5. The van der Waals surface area contributed by atoms with Crippen LogP contribution in [0.3, 0.4) is 0 Å². The van der Waals surface area contributed by atoms with Crippen molar-refractivity contribution in [2.24, 2.45) is 5.92 Å². The maximum Gasteiger partial charge on any atom is 0.223 e. The maximum absolute atomic E-state index is 12.5. The monoisotopic (exact) mass is 334 g/mol. The standard InChI is InChI=1S/C18H26N2O4/c1-22-15-8-12(9-16(23-2)18(15)24-3)11-20-14-6-7-19-10-13(14)4-5-17(20)21/h8-9,13-14,19H,4-7,10-11H2,1-3H3/t13-,14+/m1/s1. The van der Waals surface area contributed by atoms with Gasteiger partial charge in [-0.25, -0.2) is 0 Å². The van der Waals surface area contributed by atoms with Gasteiger partial charge in [-0.3, -0.25) is 4.79 Å². The first kappa shape index (κ1) is 16.9. The number of hydrogen-bond donors (Lipinski definition) is 1. The zero-order valence-electron chi connectivity index (χ0n) is 14.6. The second kappa shape index (κ2) is 7.30. The number of amides is 1. The van der Waals surface area contributed by atoms with Crippen LogP contribution in [-0.4, -0.2) is 51.3 Å². The zero-order chi connectivity index (χ0) is 17.1. The number of carbonyl (C=O) groups excluding carboxylic acids is 1. The predicted molar refractivity (Wildman–Crippen MR) is 90.6 cm³/mol. The number of carbonyl (C=O) groups is 1. The largest absolute Gasteiger partial charge is 0.493 e. The number of piperidine rings is 2. The van der Waals surface area contributed by atoms with Crippen molar-refractivity contribution in [3.05, 3.63) is 17.7 Å². The highest BCUT2D eigenvalue weighted by Crippen LogP contribution is 2.39. The van der Waals surface area contributed by atoms with E-state index in [0.29, 0.717) is 42.2 Å². The lowest BCUT2D eigenvalue weighted by atomic mass is 9.84. The Kier molecular flexibility index (Phi) is 5.14. The third-order valence-electron chi connectivity index (χ3n) is 5.09. The van der Waals surface area contributed by atoms with Crippen molar-refractivity contribution in [3.8, 4) is 17.2 Å². The summed E-state index contributed by atoms with van der Waals surface area (Å²) < 4.78 is 16.2. The number of likely N-dealkylation sites (tertiary alicyclic amines) is 1. The van der Waals surface area contributed by atoms with Gasteiger partial charge in [0.1, 0.15) is 0 Å². The summed E-state index contributed by atoms with van der Waals surface area (Å²) in [6.07, 6.45) is 2.64. The number of methoxy groups -OCH3 is 3. The lowest BCUT2D eigenvalue weighted by molar-refractivity contribution is -0.140. The molecule has 1 aromatic rings. The second-order valence-corrected chi connectivity index (χ2v) is 6.41. The highest BCUT2D eigenvalue weighted by molar-refractivity contribution is 5.77. The molecule has 2 aliphatic rings. The van der Waals surface area contributed by atoms with Crippen molar-refractivity contribution < 1.29 is 19.0 Å². The Bertz CT molecular complexity index is 580. The van der Waals surface area contributed by atoms with Crippen LogP contribution in [0.5, 0.6) is 17.2 Å². The SMILES string of the molecule is COc1cc(CN2C(=O)CC[C@@H]3CNCC[C@@H]32)cc(OC)c1OC. The quantitative estimate of drug-likeness (QED) is 0.890. The molecule has 2 aliphatic heterocycles. The highest BCUT2D eigenvalue weighted by Gasteiger charge is 2.37. The van der Waals surface area contributed by atoms with Gasteiger partial charge in [0.2, 0.25) is 11.7 Å². The Morgan fingerprint density at radius 3 is 2.46 bits per heavy atom. The fraction of sp³-hybridized carbons (Fsp3) is 0.611. The average molecular weight is 334 g/mol. The van der Waals surface area contributed by atoms with Crippen molar-refractivity contribution in [1.29, 1.82) is 0 Å². The lowest BCUT2D eigenvalue weighted by Crippen LogP contribution is -2.54. The van der Waals surface area contributed by atoms with Crippen molar-refractivity contribution in [2.75, 3.05) is 34.4 Å². The first-order valence-corrected chi connectivity index (χ1v) is 8.47. The van der Waals surface area contributed by atoms with E-state index in [4.69, 9.17) is 14.2 Å².